The maximum atomic E-state index is 6.64. The molecule has 0 spiro atoms. The summed E-state index contributed by atoms with van der Waals surface area (Å²) in [7, 11) is 0. The largest absolute Gasteiger partial charge is 0.456 e. The van der Waals surface area contributed by atoms with E-state index >= 15 is 0 Å². The summed E-state index contributed by atoms with van der Waals surface area (Å²) < 4.78 is 11.4. The highest BCUT2D eigenvalue weighted by Crippen LogP contribution is 2.40. The van der Waals surface area contributed by atoms with Crippen LogP contribution in [-0.2, 0) is 0 Å². The molecule has 0 N–H and O–H groups in total. The summed E-state index contributed by atoms with van der Waals surface area (Å²) in [5, 5.41) is 7.06. The van der Waals surface area contributed by atoms with Crippen LogP contribution in [0, 0.1) is 0 Å². The van der Waals surface area contributed by atoms with Crippen molar-refractivity contribution in [3.05, 3.63) is 182 Å². The van der Waals surface area contributed by atoms with Crippen LogP contribution in [0.2, 0.25) is 0 Å². The molecule has 0 unspecified atom stereocenters. The third kappa shape index (κ3) is 5.19. The normalized spacial score (nSPS) is 11.9. The van der Waals surface area contributed by atoms with Gasteiger partial charge < -0.3 is 8.98 Å². The van der Waals surface area contributed by atoms with Gasteiger partial charge in [-0.1, -0.05) is 121 Å². The summed E-state index contributed by atoms with van der Waals surface area (Å²) in [4.78, 5) is 15.2. The zero-order valence-electron chi connectivity index (χ0n) is 30.4. The van der Waals surface area contributed by atoms with Crippen molar-refractivity contribution in [3.8, 4) is 51.0 Å². The molecule has 0 saturated carbocycles. The Morgan fingerprint density at radius 1 is 0.351 bits per heavy atom. The van der Waals surface area contributed by atoms with E-state index in [1.54, 1.807) is 11.3 Å². The zero-order chi connectivity index (χ0) is 37.5. The highest BCUT2D eigenvalue weighted by molar-refractivity contribution is 7.25. The minimum absolute atomic E-state index is 0.594. The second-order valence-electron chi connectivity index (χ2n) is 14.4. The summed E-state index contributed by atoms with van der Waals surface area (Å²) >= 11 is 1.79. The molecule has 0 bridgehead atoms. The molecule has 266 valence electrons. The number of nitrogens with zero attached hydrogens (tertiary/aromatic N) is 4. The monoisotopic (exact) mass is 746 g/mol. The quantitative estimate of drug-likeness (QED) is 0.176. The van der Waals surface area contributed by atoms with Crippen LogP contribution in [0.1, 0.15) is 0 Å². The van der Waals surface area contributed by atoms with E-state index in [0.29, 0.717) is 17.5 Å². The van der Waals surface area contributed by atoms with Crippen molar-refractivity contribution in [2.45, 2.75) is 0 Å². The molecule has 57 heavy (non-hydrogen) atoms. The van der Waals surface area contributed by atoms with Crippen LogP contribution in [0.15, 0.2) is 186 Å². The molecule has 4 aromatic heterocycles. The van der Waals surface area contributed by atoms with Crippen molar-refractivity contribution >= 4 is 75.3 Å². The fourth-order valence-electron chi connectivity index (χ4n) is 8.32. The van der Waals surface area contributed by atoms with Gasteiger partial charge in [0.25, 0.3) is 0 Å². The number of furan rings is 1. The van der Waals surface area contributed by atoms with E-state index in [1.165, 1.54) is 53.1 Å². The van der Waals surface area contributed by atoms with Gasteiger partial charge in [0.15, 0.2) is 17.5 Å². The molecule has 0 amide bonds. The Hall–Kier alpha value is -7.41. The summed E-state index contributed by atoms with van der Waals surface area (Å²) in [5.41, 5.74) is 10.2. The van der Waals surface area contributed by atoms with Crippen LogP contribution in [0.3, 0.4) is 0 Å². The van der Waals surface area contributed by atoms with Gasteiger partial charge in [-0.25, -0.2) is 15.0 Å². The Bertz CT molecular complexity index is 3470. The Balaban J connectivity index is 0.970. The molecule has 4 heterocycles. The molecule has 0 aliphatic carbocycles. The minimum Gasteiger partial charge on any atom is -0.456 e. The van der Waals surface area contributed by atoms with Crippen molar-refractivity contribution in [2.75, 3.05) is 0 Å². The topological polar surface area (TPSA) is 56.7 Å². The predicted molar refractivity (Wildman–Crippen MR) is 236 cm³/mol. The molecule has 12 rings (SSSR count). The van der Waals surface area contributed by atoms with E-state index in [2.05, 4.69) is 156 Å². The highest BCUT2D eigenvalue weighted by Gasteiger charge is 2.18. The highest BCUT2D eigenvalue weighted by atomic mass is 32.1. The molecule has 0 aliphatic rings. The van der Waals surface area contributed by atoms with Crippen LogP contribution < -0.4 is 0 Å². The van der Waals surface area contributed by atoms with Crippen molar-refractivity contribution < 1.29 is 4.42 Å². The molecule has 5 nitrogen and oxygen atoms in total. The number of fused-ring (bicyclic) bond motifs is 9. The van der Waals surface area contributed by atoms with Crippen LogP contribution in [0.5, 0.6) is 0 Å². The first kappa shape index (κ1) is 31.9. The van der Waals surface area contributed by atoms with E-state index in [-0.39, 0.29) is 0 Å². The molecule has 0 radical (unpaired) electrons. The van der Waals surface area contributed by atoms with Gasteiger partial charge in [0, 0.05) is 70.2 Å². The molecule has 0 fully saturated rings. The zero-order valence-corrected chi connectivity index (χ0v) is 31.2. The number of rotatable bonds is 5. The maximum absolute atomic E-state index is 6.64. The third-order valence-electron chi connectivity index (χ3n) is 11.1. The van der Waals surface area contributed by atoms with Gasteiger partial charge in [-0.3, -0.25) is 0 Å². The van der Waals surface area contributed by atoms with E-state index in [1.807, 2.05) is 30.3 Å². The summed E-state index contributed by atoms with van der Waals surface area (Å²) in [6, 6.07) is 63.9. The van der Waals surface area contributed by atoms with Crippen LogP contribution >= 0.6 is 11.3 Å². The van der Waals surface area contributed by atoms with Crippen molar-refractivity contribution in [2.24, 2.45) is 0 Å². The Kier molecular flexibility index (Phi) is 7.03. The van der Waals surface area contributed by atoms with Crippen LogP contribution in [-0.4, -0.2) is 19.5 Å². The third-order valence-corrected chi connectivity index (χ3v) is 12.2. The molecular weight excluding hydrogens is 717 g/mol. The smallest absolute Gasteiger partial charge is 0.164 e. The lowest BCUT2D eigenvalue weighted by atomic mass is 10.0. The first-order valence-corrected chi connectivity index (χ1v) is 19.8. The first-order chi connectivity index (χ1) is 28.2. The number of thiophene rings is 1. The van der Waals surface area contributed by atoms with Crippen LogP contribution in [0.25, 0.3) is 115 Å². The lowest BCUT2D eigenvalue weighted by Crippen LogP contribution is -2.00. The van der Waals surface area contributed by atoms with Gasteiger partial charge in [0.05, 0.1) is 11.0 Å². The van der Waals surface area contributed by atoms with Gasteiger partial charge in [0.2, 0.25) is 0 Å². The average molecular weight is 747 g/mol. The lowest BCUT2D eigenvalue weighted by molar-refractivity contribution is 0.668. The molecule has 0 saturated heterocycles. The molecular formula is C51H30N4OS. The van der Waals surface area contributed by atoms with E-state index < -0.39 is 0 Å². The second-order valence-corrected chi connectivity index (χ2v) is 15.5. The number of benzene rings is 8. The van der Waals surface area contributed by atoms with Gasteiger partial charge in [-0.2, -0.15) is 0 Å². The van der Waals surface area contributed by atoms with Gasteiger partial charge in [-0.15, -0.1) is 11.3 Å². The van der Waals surface area contributed by atoms with Gasteiger partial charge in [0.1, 0.15) is 11.2 Å². The fourth-order valence-corrected chi connectivity index (χ4v) is 9.45. The van der Waals surface area contributed by atoms with Gasteiger partial charge in [-0.05, 0) is 65.7 Å². The fraction of sp³-hybridized carbons (Fsp3) is 0. The molecule has 8 aromatic carbocycles. The number of hydrogen-bond acceptors (Lipinski definition) is 5. The van der Waals surface area contributed by atoms with E-state index in [4.69, 9.17) is 19.4 Å². The number of para-hydroxylation sites is 2. The molecule has 0 atom stereocenters. The standard InChI is InChI=1S/C51H30N4OS/c1-3-11-31(12-4-1)33-21-26-47-42(27-33)41-24-20-35(29-48(41)57-47)51-53-49(32-13-5-2-6-14-32)52-50(54-51)34-19-23-39-40-25-22-36(30-46(40)56-45(39)28-34)55-43-17-9-7-15-37(43)38-16-8-10-18-44(38)55/h1-30H. The van der Waals surface area contributed by atoms with Crippen molar-refractivity contribution in [1.82, 2.24) is 19.5 Å². The Labute approximate surface area is 330 Å². The Morgan fingerprint density at radius 3 is 1.60 bits per heavy atom. The lowest BCUT2D eigenvalue weighted by Gasteiger charge is -2.08. The van der Waals surface area contributed by atoms with Crippen molar-refractivity contribution in [1.29, 1.82) is 0 Å². The Morgan fingerprint density at radius 2 is 0.895 bits per heavy atom. The molecule has 6 heteroatoms. The SMILES string of the molecule is c1ccc(-c2ccc3sc4cc(-c5nc(-c6ccccc6)nc(-c6ccc7c(c6)oc6cc(-n8c9ccccc9c9ccccc98)ccc67)n5)ccc4c3c2)cc1. The summed E-state index contributed by atoms with van der Waals surface area (Å²) in [6.07, 6.45) is 0. The summed E-state index contributed by atoms with van der Waals surface area (Å²) in [5.74, 6) is 1.85. The van der Waals surface area contributed by atoms with Crippen LogP contribution in [0.4, 0.5) is 0 Å². The second kappa shape index (κ2) is 12.6. The van der Waals surface area contributed by atoms with E-state index in [0.717, 1.165) is 44.3 Å². The number of hydrogen-bond donors (Lipinski definition) is 0. The van der Waals surface area contributed by atoms with Crippen molar-refractivity contribution in [3.63, 3.8) is 0 Å². The first-order valence-electron chi connectivity index (χ1n) is 19.0. The van der Waals surface area contributed by atoms with E-state index in [9.17, 15) is 0 Å². The average Bonchev–Trinajstić information content (AvgIpc) is 3.95. The maximum Gasteiger partial charge on any atom is 0.164 e. The number of aromatic nitrogens is 4. The summed E-state index contributed by atoms with van der Waals surface area (Å²) in [6.45, 7) is 0. The molecule has 0 aliphatic heterocycles. The minimum atomic E-state index is 0.594. The molecule has 12 aromatic rings. The van der Waals surface area contributed by atoms with Gasteiger partial charge >= 0.3 is 0 Å². The predicted octanol–water partition coefficient (Wildman–Crippen LogP) is 13.9.